The largest absolute Gasteiger partial charge is 0.480 e. The first-order chi connectivity index (χ1) is 4.57. The topological polar surface area (TPSA) is 58.9 Å². The minimum atomic E-state index is -0.903. The zero-order chi connectivity index (χ0) is 7.78. The van der Waals surface area contributed by atoms with Crippen LogP contribution in [0.3, 0.4) is 0 Å². The van der Waals surface area contributed by atoms with Gasteiger partial charge in [-0.15, -0.1) is 0 Å². The fraction of sp³-hybridized carbons (Fsp3) is 0.667. The van der Waals surface area contributed by atoms with Crippen LogP contribution in [0, 0.1) is 5.41 Å². The minimum Gasteiger partial charge on any atom is -0.480 e. The normalized spacial score (nSPS) is 31.2. The van der Waals surface area contributed by atoms with Gasteiger partial charge in [0.2, 0.25) is 0 Å². The highest BCUT2D eigenvalue weighted by molar-refractivity contribution is 6.05. The molecule has 0 radical (unpaired) electrons. The van der Waals surface area contributed by atoms with Gasteiger partial charge in [0.05, 0.1) is 5.71 Å². The Morgan fingerprint density at radius 1 is 1.90 bits per heavy atom. The second-order valence-corrected chi connectivity index (χ2v) is 2.59. The van der Waals surface area contributed by atoms with E-state index in [9.17, 15) is 4.79 Å². The molecule has 0 saturated heterocycles. The van der Waals surface area contributed by atoms with Gasteiger partial charge in [-0.1, -0.05) is 5.16 Å². The molecule has 0 aromatic rings. The molecule has 0 amide bonds. The average molecular weight is 143 g/mol. The molecule has 0 fully saturated rings. The van der Waals surface area contributed by atoms with Gasteiger partial charge in [0.15, 0.2) is 0 Å². The number of oxime groups is 1. The summed E-state index contributed by atoms with van der Waals surface area (Å²) in [6.07, 6.45) is 0. The summed E-state index contributed by atoms with van der Waals surface area (Å²) < 4.78 is 0. The molecule has 4 heteroatoms. The van der Waals surface area contributed by atoms with Crippen LogP contribution in [0.4, 0.5) is 0 Å². The molecule has 4 nitrogen and oxygen atoms in total. The number of carboxylic acids is 1. The highest BCUT2D eigenvalue weighted by Crippen LogP contribution is 2.24. The number of hydrogen-bond donors (Lipinski definition) is 1. The van der Waals surface area contributed by atoms with E-state index < -0.39 is 11.4 Å². The molecule has 1 rings (SSSR count). The fourth-order valence-corrected chi connectivity index (χ4v) is 0.680. The van der Waals surface area contributed by atoms with Gasteiger partial charge >= 0.3 is 5.97 Å². The van der Waals surface area contributed by atoms with Gasteiger partial charge < -0.3 is 9.94 Å². The van der Waals surface area contributed by atoms with Crippen molar-refractivity contribution in [3.05, 3.63) is 0 Å². The SMILES string of the molecule is CC1=NOCC1(C)C(=O)O. The summed E-state index contributed by atoms with van der Waals surface area (Å²) in [6, 6.07) is 0. The van der Waals surface area contributed by atoms with Crippen LogP contribution < -0.4 is 0 Å². The predicted molar refractivity (Wildman–Crippen MR) is 34.8 cm³/mol. The van der Waals surface area contributed by atoms with Gasteiger partial charge in [0.25, 0.3) is 0 Å². The lowest BCUT2D eigenvalue weighted by molar-refractivity contribution is -0.145. The molecular formula is C6H9NO3. The summed E-state index contributed by atoms with van der Waals surface area (Å²) >= 11 is 0. The third-order valence-corrected chi connectivity index (χ3v) is 1.83. The van der Waals surface area contributed by atoms with Gasteiger partial charge in [-0.2, -0.15) is 0 Å². The molecule has 0 aromatic heterocycles. The molecule has 1 unspecified atom stereocenters. The maximum Gasteiger partial charge on any atom is 0.318 e. The van der Waals surface area contributed by atoms with Crippen LogP contribution >= 0.6 is 0 Å². The molecule has 0 bridgehead atoms. The zero-order valence-electron chi connectivity index (χ0n) is 5.92. The Labute approximate surface area is 58.5 Å². The summed E-state index contributed by atoms with van der Waals surface area (Å²) in [7, 11) is 0. The van der Waals surface area contributed by atoms with E-state index in [4.69, 9.17) is 5.11 Å². The lowest BCUT2D eigenvalue weighted by Crippen LogP contribution is -2.34. The van der Waals surface area contributed by atoms with Crippen LogP contribution in [0.5, 0.6) is 0 Å². The Bertz CT molecular complexity index is 199. The first-order valence-corrected chi connectivity index (χ1v) is 2.98. The molecule has 1 heterocycles. The van der Waals surface area contributed by atoms with E-state index in [1.54, 1.807) is 13.8 Å². The number of carboxylic acid groups (broad SMARTS) is 1. The van der Waals surface area contributed by atoms with Crippen LogP contribution in [0.25, 0.3) is 0 Å². The van der Waals surface area contributed by atoms with Crippen LogP contribution in [0.1, 0.15) is 13.8 Å². The van der Waals surface area contributed by atoms with Crippen molar-refractivity contribution < 1.29 is 14.7 Å². The second kappa shape index (κ2) is 1.97. The van der Waals surface area contributed by atoms with E-state index in [1.165, 1.54) is 0 Å². The van der Waals surface area contributed by atoms with Crippen molar-refractivity contribution in [3.63, 3.8) is 0 Å². The third kappa shape index (κ3) is 0.761. The summed E-state index contributed by atoms with van der Waals surface area (Å²) in [5.74, 6) is -0.883. The molecule has 1 N–H and O–H groups in total. The van der Waals surface area contributed by atoms with Crippen LogP contribution in [0.15, 0.2) is 5.16 Å². The van der Waals surface area contributed by atoms with E-state index in [-0.39, 0.29) is 6.61 Å². The third-order valence-electron chi connectivity index (χ3n) is 1.83. The molecule has 1 aliphatic rings. The lowest BCUT2D eigenvalue weighted by Gasteiger charge is -2.13. The predicted octanol–water partition coefficient (Wildman–Crippen LogP) is 0.483. The van der Waals surface area contributed by atoms with Gasteiger partial charge in [-0.05, 0) is 13.8 Å². The zero-order valence-corrected chi connectivity index (χ0v) is 5.92. The molecule has 0 spiro atoms. The van der Waals surface area contributed by atoms with Gasteiger partial charge in [0.1, 0.15) is 12.0 Å². The monoisotopic (exact) mass is 143 g/mol. The minimum absolute atomic E-state index is 0.147. The van der Waals surface area contributed by atoms with Gasteiger partial charge in [-0.3, -0.25) is 4.79 Å². The smallest absolute Gasteiger partial charge is 0.318 e. The second-order valence-electron chi connectivity index (χ2n) is 2.59. The standard InChI is InChI=1S/C6H9NO3/c1-4-6(2,5(8)9)3-10-7-4/h3H2,1-2H3,(H,8,9). The van der Waals surface area contributed by atoms with E-state index >= 15 is 0 Å². The molecular weight excluding hydrogens is 134 g/mol. The summed E-state index contributed by atoms with van der Waals surface area (Å²) in [5.41, 5.74) is -0.375. The molecule has 1 aliphatic heterocycles. The summed E-state index contributed by atoms with van der Waals surface area (Å²) in [4.78, 5) is 15.2. The van der Waals surface area contributed by atoms with Gasteiger partial charge in [-0.25, -0.2) is 0 Å². The van der Waals surface area contributed by atoms with Crippen molar-refractivity contribution in [1.29, 1.82) is 0 Å². The maximum atomic E-state index is 10.6. The van der Waals surface area contributed by atoms with Crippen molar-refractivity contribution in [3.8, 4) is 0 Å². The fourth-order valence-electron chi connectivity index (χ4n) is 0.680. The average Bonchev–Trinajstić information content (AvgIpc) is 2.15. The quantitative estimate of drug-likeness (QED) is 0.580. The highest BCUT2D eigenvalue weighted by atomic mass is 16.6. The van der Waals surface area contributed by atoms with E-state index in [1.807, 2.05) is 0 Å². The lowest BCUT2D eigenvalue weighted by atomic mass is 9.88. The molecule has 10 heavy (non-hydrogen) atoms. The van der Waals surface area contributed by atoms with Crippen LogP contribution in [-0.2, 0) is 9.63 Å². The maximum absolute atomic E-state index is 10.6. The summed E-state index contributed by atoms with van der Waals surface area (Å²) in [6.45, 7) is 3.40. The molecule has 0 aliphatic carbocycles. The van der Waals surface area contributed by atoms with Gasteiger partial charge in [0, 0.05) is 0 Å². The Morgan fingerprint density at radius 3 is 2.70 bits per heavy atom. The van der Waals surface area contributed by atoms with Crippen LogP contribution in [0.2, 0.25) is 0 Å². The first kappa shape index (κ1) is 7.05. The number of carbonyl (C=O) groups is 1. The van der Waals surface area contributed by atoms with E-state index in [2.05, 4.69) is 9.99 Å². The highest BCUT2D eigenvalue weighted by Gasteiger charge is 2.41. The van der Waals surface area contributed by atoms with E-state index in [0.717, 1.165) is 0 Å². The molecule has 0 aromatic carbocycles. The van der Waals surface area contributed by atoms with Crippen molar-refractivity contribution in [2.45, 2.75) is 13.8 Å². The molecule has 0 saturated carbocycles. The number of aliphatic carboxylic acids is 1. The first-order valence-electron chi connectivity index (χ1n) is 2.98. The van der Waals surface area contributed by atoms with Crippen LogP contribution in [-0.4, -0.2) is 23.4 Å². The Balaban J connectivity index is 2.89. The number of hydrogen-bond acceptors (Lipinski definition) is 3. The van der Waals surface area contributed by atoms with E-state index in [0.29, 0.717) is 5.71 Å². The number of rotatable bonds is 1. The molecule has 56 valence electrons. The summed E-state index contributed by atoms with van der Waals surface area (Å²) in [5, 5.41) is 12.2. The molecule has 1 atom stereocenters. The van der Waals surface area contributed by atoms with Crippen molar-refractivity contribution in [2.75, 3.05) is 6.61 Å². The Hall–Kier alpha value is -1.06. The Kier molecular flexibility index (Phi) is 1.39. The number of nitrogens with zero attached hydrogens (tertiary/aromatic N) is 1. The van der Waals surface area contributed by atoms with Crippen molar-refractivity contribution in [1.82, 2.24) is 0 Å². The van der Waals surface area contributed by atoms with Crippen molar-refractivity contribution in [2.24, 2.45) is 10.6 Å². The van der Waals surface area contributed by atoms with Crippen molar-refractivity contribution >= 4 is 11.7 Å². The Morgan fingerprint density at radius 2 is 2.50 bits per heavy atom.